The fourth-order valence-electron chi connectivity index (χ4n) is 2.74. The second kappa shape index (κ2) is 6.20. The number of thioether (sulfide) groups is 1. The summed E-state index contributed by atoms with van der Waals surface area (Å²) in [5.74, 6) is 0.621. The molecule has 2 heterocycles. The van der Waals surface area contributed by atoms with Gasteiger partial charge in [-0.25, -0.2) is 4.98 Å². The number of nitrogens with zero attached hydrogens (tertiary/aromatic N) is 2. The average molecular weight is 329 g/mol. The highest BCUT2D eigenvalue weighted by Gasteiger charge is 2.27. The van der Waals surface area contributed by atoms with Crippen molar-refractivity contribution in [2.24, 2.45) is 0 Å². The fraction of sp³-hybridized carbons (Fsp3) is 0.353. The van der Waals surface area contributed by atoms with E-state index in [1.165, 1.54) is 11.8 Å². The number of aromatic nitrogens is 2. The van der Waals surface area contributed by atoms with Gasteiger partial charge in [0.25, 0.3) is 5.56 Å². The molecule has 6 heteroatoms. The van der Waals surface area contributed by atoms with Crippen molar-refractivity contribution in [2.75, 3.05) is 11.1 Å². The zero-order valence-electron chi connectivity index (χ0n) is 13.4. The minimum atomic E-state index is -0.138. The first kappa shape index (κ1) is 15.8. The minimum absolute atomic E-state index is 0.0516. The van der Waals surface area contributed by atoms with Gasteiger partial charge in [-0.05, 0) is 32.4 Å². The molecule has 2 aromatic rings. The summed E-state index contributed by atoms with van der Waals surface area (Å²) in [7, 11) is 0. The number of carbonyl (C=O) groups excluding carboxylic acids is 1. The van der Waals surface area contributed by atoms with Gasteiger partial charge in [-0.2, -0.15) is 0 Å². The van der Waals surface area contributed by atoms with Gasteiger partial charge in [-0.1, -0.05) is 29.5 Å². The van der Waals surface area contributed by atoms with Crippen LogP contribution in [0.5, 0.6) is 0 Å². The Labute approximate surface area is 139 Å². The van der Waals surface area contributed by atoms with Crippen LogP contribution in [0.15, 0.2) is 34.3 Å². The van der Waals surface area contributed by atoms with Crippen LogP contribution in [-0.2, 0) is 4.79 Å². The summed E-state index contributed by atoms with van der Waals surface area (Å²) in [5, 5.41) is 3.64. The lowest BCUT2D eigenvalue weighted by atomic mass is 10.1. The molecule has 0 aliphatic carbocycles. The lowest BCUT2D eigenvalue weighted by molar-refractivity contribution is -0.116. The molecular formula is C17H19N3O2S. The molecular weight excluding hydrogens is 310 g/mol. The smallest absolute Gasteiger partial charge is 0.257 e. The Morgan fingerprint density at radius 2 is 2.13 bits per heavy atom. The standard InChI is InChI=1S/C17H19N3O2S/c1-10-4-5-14(11(2)6-10)19-15(21)7-13-9-23-17-18-8-12(3)16(22)20(13)17/h4-6,8,13H,7,9H2,1-3H3,(H,19,21). The van der Waals surface area contributed by atoms with Crippen LogP contribution < -0.4 is 10.9 Å². The Morgan fingerprint density at radius 1 is 1.35 bits per heavy atom. The molecule has 1 aromatic carbocycles. The van der Waals surface area contributed by atoms with Crippen LogP contribution in [0.2, 0.25) is 0 Å². The fourth-order valence-corrected chi connectivity index (χ4v) is 3.85. The van der Waals surface area contributed by atoms with E-state index in [4.69, 9.17) is 0 Å². The molecule has 1 amide bonds. The first-order valence-corrected chi connectivity index (χ1v) is 8.52. The molecule has 0 saturated heterocycles. The van der Waals surface area contributed by atoms with Crippen molar-refractivity contribution in [2.45, 2.75) is 38.4 Å². The number of anilines is 1. The number of benzene rings is 1. The highest BCUT2D eigenvalue weighted by Crippen LogP contribution is 2.32. The van der Waals surface area contributed by atoms with Crippen LogP contribution in [0.3, 0.4) is 0 Å². The van der Waals surface area contributed by atoms with Crippen molar-refractivity contribution in [3.05, 3.63) is 51.4 Å². The third kappa shape index (κ3) is 3.17. The zero-order valence-corrected chi connectivity index (χ0v) is 14.2. The van der Waals surface area contributed by atoms with Crippen molar-refractivity contribution in [1.82, 2.24) is 9.55 Å². The molecule has 23 heavy (non-hydrogen) atoms. The van der Waals surface area contributed by atoms with Gasteiger partial charge in [-0.15, -0.1) is 0 Å². The van der Waals surface area contributed by atoms with Gasteiger partial charge in [0.15, 0.2) is 5.16 Å². The molecule has 0 fully saturated rings. The number of carbonyl (C=O) groups is 1. The molecule has 1 atom stereocenters. The molecule has 0 bridgehead atoms. The van der Waals surface area contributed by atoms with E-state index in [1.807, 2.05) is 32.0 Å². The molecule has 0 radical (unpaired) electrons. The molecule has 0 spiro atoms. The normalized spacial score (nSPS) is 16.2. The number of hydrogen-bond donors (Lipinski definition) is 1. The largest absolute Gasteiger partial charge is 0.326 e. The first-order valence-electron chi connectivity index (χ1n) is 7.54. The molecule has 5 nitrogen and oxygen atoms in total. The molecule has 0 saturated carbocycles. The number of rotatable bonds is 3. The first-order chi connectivity index (χ1) is 11.0. The summed E-state index contributed by atoms with van der Waals surface area (Å²) in [6, 6.07) is 5.79. The Bertz CT molecular complexity index is 829. The van der Waals surface area contributed by atoms with E-state index >= 15 is 0 Å². The Balaban J connectivity index is 1.76. The summed E-state index contributed by atoms with van der Waals surface area (Å²) in [5.41, 5.74) is 3.57. The Kier molecular flexibility index (Phi) is 4.26. The van der Waals surface area contributed by atoms with Crippen LogP contribution >= 0.6 is 11.8 Å². The number of nitrogens with one attached hydrogen (secondary N) is 1. The topological polar surface area (TPSA) is 64.0 Å². The monoisotopic (exact) mass is 329 g/mol. The summed E-state index contributed by atoms with van der Waals surface area (Å²) < 4.78 is 1.65. The van der Waals surface area contributed by atoms with Crippen molar-refractivity contribution in [3.8, 4) is 0 Å². The number of hydrogen-bond acceptors (Lipinski definition) is 4. The lowest BCUT2D eigenvalue weighted by Crippen LogP contribution is -2.28. The summed E-state index contributed by atoms with van der Waals surface area (Å²) >= 11 is 1.52. The summed E-state index contributed by atoms with van der Waals surface area (Å²) in [6.07, 6.45) is 1.87. The number of aryl methyl sites for hydroxylation is 3. The zero-order chi connectivity index (χ0) is 16.6. The Morgan fingerprint density at radius 3 is 2.87 bits per heavy atom. The van der Waals surface area contributed by atoms with Gasteiger partial charge in [0, 0.05) is 29.6 Å². The van der Waals surface area contributed by atoms with Gasteiger partial charge in [0.2, 0.25) is 5.91 Å². The second-order valence-corrected chi connectivity index (χ2v) is 6.92. The Hall–Kier alpha value is -2.08. The molecule has 1 aromatic heterocycles. The van der Waals surface area contributed by atoms with Crippen molar-refractivity contribution in [3.63, 3.8) is 0 Å². The van der Waals surface area contributed by atoms with E-state index in [1.54, 1.807) is 17.7 Å². The maximum absolute atomic E-state index is 12.4. The van der Waals surface area contributed by atoms with Gasteiger partial charge >= 0.3 is 0 Å². The minimum Gasteiger partial charge on any atom is -0.326 e. The van der Waals surface area contributed by atoms with Crippen molar-refractivity contribution in [1.29, 1.82) is 0 Å². The van der Waals surface area contributed by atoms with Crippen LogP contribution in [0.25, 0.3) is 0 Å². The highest BCUT2D eigenvalue weighted by atomic mass is 32.2. The van der Waals surface area contributed by atoms with Crippen LogP contribution in [0.4, 0.5) is 5.69 Å². The van der Waals surface area contributed by atoms with E-state index in [0.29, 0.717) is 16.5 Å². The predicted octanol–water partition coefficient (Wildman–Crippen LogP) is 2.84. The molecule has 1 aliphatic heterocycles. The lowest BCUT2D eigenvalue weighted by Gasteiger charge is -2.14. The molecule has 3 rings (SSSR count). The van der Waals surface area contributed by atoms with E-state index in [2.05, 4.69) is 10.3 Å². The van der Waals surface area contributed by atoms with Crippen molar-refractivity contribution >= 4 is 23.4 Å². The summed E-state index contributed by atoms with van der Waals surface area (Å²) in [4.78, 5) is 28.9. The molecule has 1 N–H and O–H groups in total. The highest BCUT2D eigenvalue weighted by molar-refractivity contribution is 7.99. The SMILES string of the molecule is Cc1ccc(NC(=O)CC2CSc3ncc(C)c(=O)n32)c(C)c1. The number of fused-ring (bicyclic) bond motifs is 1. The van der Waals surface area contributed by atoms with Gasteiger partial charge in [0.1, 0.15) is 0 Å². The molecule has 1 unspecified atom stereocenters. The van der Waals surface area contributed by atoms with E-state index in [-0.39, 0.29) is 23.9 Å². The summed E-state index contributed by atoms with van der Waals surface area (Å²) in [6.45, 7) is 5.74. The van der Waals surface area contributed by atoms with E-state index < -0.39 is 0 Å². The predicted molar refractivity (Wildman–Crippen MR) is 92.2 cm³/mol. The van der Waals surface area contributed by atoms with Gasteiger partial charge in [-0.3, -0.25) is 14.2 Å². The second-order valence-electron chi connectivity index (χ2n) is 5.93. The van der Waals surface area contributed by atoms with Gasteiger partial charge < -0.3 is 5.32 Å². The molecule has 120 valence electrons. The maximum Gasteiger partial charge on any atom is 0.257 e. The van der Waals surface area contributed by atoms with E-state index in [9.17, 15) is 9.59 Å². The number of amides is 1. The van der Waals surface area contributed by atoms with Gasteiger partial charge in [0.05, 0.1) is 6.04 Å². The average Bonchev–Trinajstić information content (AvgIpc) is 2.89. The third-order valence-corrected chi connectivity index (χ3v) is 5.09. The van der Waals surface area contributed by atoms with E-state index in [0.717, 1.165) is 16.8 Å². The third-order valence-electron chi connectivity index (χ3n) is 3.98. The quantitative estimate of drug-likeness (QED) is 0.880. The molecule has 1 aliphatic rings. The van der Waals surface area contributed by atoms with Crippen LogP contribution in [-0.4, -0.2) is 21.2 Å². The van der Waals surface area contributed by atoms with Crippen LogP contribution in [0, 0.1) is 20.8 Å². The maximum atomic E-state index is 12.4. The van der Waals surface area contributed by atoms with Crippen LogP contribution in [0.1, 0.15) is 29.2 Å². The van der Waals surface area contributed by atoms with Crippen molar-refractivity contribution < 1.29 is 4.79 Å².